The van der Waals surface area contributed by atoms with Crippen molar-refractivity contribution in [1.82, 2.24) is 4.90 Å². The number of benzene rings is 2. The van der Waals surface area contributed by atoms with Gasteiger partial charge < -0.3 is 18.8 Å². The van der Waals surface area contributed by atoms with Gasteiger partial charge in [-0.2, -0.15) is 0 Å². The number of hydrogen-bond donors (Lipinski definition) is 0. The highest BCUT2D eigenvalue weighted by molar-refractivity contribution is 14.1. The van der Waals surface area contributed by atoms with Gasteiger partial charge in [0.1, 0.15) is 17.3 Å². The topological polar surface area (TPSA) is 30.9 Å². The fourth-order valence-electron chi connectivity index (χ4n) is 3.30. The van der Waals surface area contributed by atoms with E-state index < -0.39 is 20.0 Å². The molecule has 3 rings (SSSR count). The van der Waals surface area contributed by atoms with E-state index in [9.17, 15) is 8.78 Å². The Hall–Kier alpha value is -1.91. The summed E-state index contributed by atoms with van der Waals surface area (Å²) < 4.78 is 47.0. The van der Waals surface area contributed by atoms with Crippen LogP contribution in [0.4, 0.5) is 8.78 Å². The predicted octanol–water partition coefficient (Wildman–Crippen LogP) is 7.86. The van der Waals surface area contributed by atoms with E-state index in [-0.39, 0.29) is 10.8 Å². The highest BCUT2D eigenvalue weighted by Gasteiger charge is 2.37. The second-order valence-corrected chi connectivity index (χ2v) is 16.1. The predicted molar refractivity (Wildman–Crippen MR) is 144 cm³/mol. The first-order valence-electron chi connectivity index (χ1n) is 11.1. The summed E-state index contributed by atoms with van der Waals surface area (Å²) >= 11 is 2.28. The molecule has 34 heavy (non-hydrogen) atoms. The molecule has 0 aromatic heterocycles. The van der Waals surface area contributed by atoms with Crippen molar-refractivity contribution in [2.24, 2.45) is 0 Å². The quantitative estimate of drug-likeness (QED) is 0.240. The van der Waals surface area contributed by atoms with Gasteiger partial charge in [0.15, 0.2) is 19.9 Å². The van der Waals surface area contributed by atoms with E-state index in [0.29, 0.717) is 12.4 Å². The summed E-state index contributed by atoms with van der Waals surface area (Å²) in [4.78, 5) is 2.06. The average Bonchev–Trinajstić information content (AvgIpc) is 2.73. The minimum atomic E-state index is -1.95. The van der Waals surface area contributed by atoms with Crippen LogP contribution in [0.25, 0.3) is 5.57 Å². The molecule has 0 saturated heterocycles. The zero-order valence-electron chi connectivity index (χ0n) is 20.8. The van der Waals surface area contributed by atoms with Crippen molar-refractivity contribution >= 4 is 36.5 Å². The lowest BCUT2D eigenvalue weighted by molar-refractivity contribution is 0.276. The van der Waals surface area contributed by atoms with E-state index in [0.717, 1.165) is 38.7 Å². The summed E-state index contributed by atoms with van der Waals surface area (Å²) in [5.74, 6) is -0.273. The van der Waals surface area contributed by atoms with Gasteiger partial charge in [-0.1, -0.05) is 26.8 Å². The molecule has 0 saturated carbocycles. The molecule has 2 aromatic rings. The number of nitrogens with zero attached hydrogens (tertiary/aromatic N) is 1. The van der Waals surface area contributed by atoms with Crippen LogP contribution in [0.2, 0.25) is 18.1 Å². The lowest BCUT2D eigenvalue weighted by Crippen LogP contribution is -2.40. The lowest BCUT2D eigenvalue weighted by Gasteiger charge is -2.36. The number of methoxy groups -OCH3 is 1. The first-order valence-corrected chi connectivity index (χ1v) is 15.1. The molecule has 0 aliphatic carbocycles. The summed E-state index contributed by atoms with van der Waals surface area (Å²) in [5, 5.41) is 0.0929. The Morgan fingerprint density at radius 2 is 1.74 bits per heavy atom. The molecule has 1 aliphatic heterocycles. The normalized spacial score (nSPS) is 14.9. The van der Waals surface area contributed by atoms with E-state index in [1.165, 1.54) is 12.1 Å². The van der Waals surface area contributed by atoms with Crippen LogP contribution < -0.4 is 4.74 Å². The Morgan fingerprint density at radius 1 is 1.06 bits per heavy atom. The number of rotatable bonds is 7. The Kier molecular flexibility index (Phi) is 8.14. The van der Waals surface area contributed by atoms with Crippen molar-refractivity contribution in [1.29, 1.82) is 0 Å². The maximum Gasteiger partial charge on any atom is 0.192 e. The van der Waals surface area contributed by atoms with Gasteiger partial charge in [0, 0.05) is 30.5 Å². The second kappa shape index (κ2) is 10.4. The Labute approximate surface area is 215 Å². The molecule has 1 heterocycles. The fourth-order valence-corrected chi connectivity index (χ4v) is 5.31. The highest BCUT2D eigenvalue weighted by atomic mass is 127. The van der Waals surface area contributed by atoms with Crippen molar-refractivity contribution in [3.63, 3.8) is 0 Å². The molecule has 0 amide bonds. The third-order valence-electron chi connectivity index (χ3n) is 6.29. The lowest BCUT2D eigenvalue weighted by atomic mass is 9.99. The molecule has 0 bridgehead atoms. The molecule has 1 aliphatic rings. The monoisotopic (exact) mass is 599 g/mol. The van der Waals surface area contributed by atoms with Crippen molar-refractivity contribution in [2.75, 3.05) is 20.7 Å². The van der Waals surface area contributed by atoms with Crippen molar-refractivity contribution in [3.8, 4) is 11.5 Å². The third-order valence-corrected chi connectivity index (χ3v) is 11.6. The van der Waals surface area contributed by atoms with E-state index >= 15 is 0 Å². The van der Waals surface area contributed by atoms with Crippen LogP contribution in [0.1, 0.15) is 31.9 Å². The maximum atomic E-state index is 14.4. The fraction of sp³-hybridized carbons (Fsp3) is 0.385. The number of halogens is 3. The highest BCUT2D eigenvalue weighted by Crippen LogP contribution is 2.41. The molecule has 0 atom stereocenters. The summed E-state index contributed by atoms with van der Waals surface area (Å²) in [5.41, 5.74) is 2.55. The Morgan fingerprint density at radius 3 is 2.35 bits per heavy atom. The zero-order valence-corrected chi connectivity index (χ0v) is 23.9. The van der Waals surface area contributed by atoms with Gasteiger partial charge in [-0.3, -0.25) is 0 Å². The zero-order chi connectivity index (χ0) is 25.3. The second-order valence-electron chi connectivity index (χ2n) is 9.95. The molecule has 4 nitrogen and oxygen atoms in total. The van der Waals surface area contributed by atoms with E-state index in [1.807, 2.05) is 25.4 Å². The van der Waals surface area contributed by atoms with Crippen LogP contribution in [-0.4, -0.2) is 33.9 Å². The first-order chi connectivity index (χ1) is 15.8. The molecule has 0 spiro atoms. The molecular formula is C26H32F2INO3Si. The molecule has 0 fully saturated rings. The van der Waals surface area contributed by atoms with Crippen LogP contribution in [-0.2, 0) is 15.8 Å². The van der Waals surface area contributed by atoms with Gasteiger partial charge in [0.2, 0.25) is 0 Å². The van der Waals surface area contributed by atoms with Gasteiger partial charge in [-0.05, 0) is 70.6 Å². The smallest absolute Gasteiger partial charge is 0.192 e. The van der Waals surface area contributed by atoms with E-state index in [1.54, 1.807) is 13.2 Å². The van der Waals surface area contributed by atoms with Gasteiger partial charge in [0.25, 0.3) is 0 Å². The van der Waals surface area contributed by atoms with Crippen LogP contribution in [0.5, 0.6) is 11.5 Å². The van der Waals surface area contributed by atoms with Gasteiger partial charge in [-0.15, -0.1) is 0 Å². The molecule has 184 valence electrons. The van der Waals surface area contributed by atoms with Crippen molar-refractivity contribution in [2.45, 2.75) is 45.5 Å². The first kappa shape index (κ1) is 26.7. The molecular weight excluding hydrogens is 567 g/mol. The molecule has 0 unspecified atom stereocenters. The standard InChI is InChI=1S/C26H32F2INO3Si/c1-26(2,3)34(6,7)32-16-17-8-10-23(33-24-11-9-18(27)13-21(24)28)19(12-17)20-14-30(4)15-22(29)25(20)31-5/h8-14H,15-16H2,1-7H3. The van der Waals surface area contributed by atoms with Crippen LogP contribution in [0.3, 0.4) is 0 Å². The van der Waals surface area contributed by atoms with Gasteiger partial charge >= 0.3 is 0 Å². The average molecular weight is 600 g/mol. The minimum absolute atomic E-state index is 0.0460. The van der Waals surface area contributed by atoms with Gasteiger partial charge in [-0.25, -0.2) is 8.78 Å². The van der Waals surface area contributed by atoms with Crippen molar-refractivity contribution < 1.29 is 22.7 Å². The van der Waals surface area contributed by atoms with Crippen molar-refractivity contribution in [3.05, 3.63) is 74.7 Å². The number of allylic oxidation sites excluding steroid dienone is 1. The van der Waals surface area contributed by atoms with Gasteiger partial charge in [0.05, 0.1) is 23.8 Å². The summed E-state index contributed by atoms with van der Waals surface area (Å²) in [6.07, 6.45) is 1.99. The largest absolute Gasteiger partial charge is 0.495 e. The Balaban J connectivity index is 2.05. The maximum absolute atomic E-state index is 14.4. The third kappa shape index (κ3) is 6.01. The summed E-state index contributed by atoms with van der Waals surface area (Å²) in [6.45, 7) is 12.2. The molecule has 0 radical (unpaired) electrons. The number of likely N-dealkylation sites (N-methyl/N-ethyl adjacent to an activating group) is 1. The molecule has 2 aromatic carbocycles. The van der Waals surface area contributed by atoms with Crippen LogP contribution in [0, 0.1) is 11.6 Å². The molecule has 8 heteroatoms. The Bertz CT molecular complexity index is 1130. The minimum Gasteiger partial charge on any atom is -0.495 e. The summed E-state index contributed by atoms with van der Waals surface area (Å²) in [7, 11) is 1.67. The SMILES string of the molecule is COC1=C(I)CN(C)C=C1c1cc(CO[Si](C)(C)C(C)(C)C)ccc1Oc1ccc(F)cc1F. The van der Waals surface area contributed by atoms with Crippen LogP contribution in [0.15, 0.2) is 51.9 Å². The van der Waals surface area contributed by atoms with Crippen LogP contribution >= 0.6 is 22.6 Å². The number of hydrogen-bond acceptors (Lipinski definition) is 4. The van der Waals surface area contributed by atoms with E-state index in [2.05, 4.69) is 61.4 Å². The van der Waals surface area contributed by atoms with E-state index in [4.69, 9.17) is 13.9 Å². The number of ether oxygens (including phenoxy) is 2. The summed E-state index contributed by atoms with van der Waals surface area (Å²) in [6, 6.07) is 9.00. The molecule has 0 N–H and O–H groups in total.